The lowest BCUT2D eigenvalue weighted by atomic mass is 10.1. The van der Waals surface area contributed by atoms with Gasteiger partial charge in [0.2, 0.25) is 11.8 Å². The van der Waals surface area contributed by atoms with Crippen molar-refractivity contribution >= 4 is 27.7 Å². The molecule has 0 saturated heterocycles. The molecule has 1 unspecified atom stereocenters. The van der Waals surface area contributed by atoms with Crippen LogP contribution in [0.4, 0.5) is 10.1 Å². The van der Waals surface area contributed by atoms with Crippen molar-refractivity contribution in [3.05, 3.63) is 66.0 Å². The highest BCUT2D eigenvalue weighted by molar-refractivity contribution is 7.90. The summed E-state index contributed by atoms with van der Waals surface area (Å²) >= 11 is 0. The third-order valence-corrected chi connectivity index (χ3v) is 7.50. The molecule has 1 atom stereocenters. The SMILES string of the molecule is CCC(C(=O)NCC(C)C)N(CCc1ccccc1)C(=O)CN(c1ccccc1F)S(=O)(=O)N(C)C. The predicted molar refractivity (Wildman–Crippen MR) is 140 cm³/mol. The van der Waals surface area contributed by atoms with Crippen LogP contribution in [0.1, 0.15) is 32.8 Å². The van der Waals surface area contributed by atoms with E-state index in [4.69, 9.17) is 0 Å². The van der Waals surface area contributed by atoms with Crippen molar-refractivity contribution in [1.82, 2.24) is 14.5 Å². The Balaban J connectivity index is 2.42. The molecule has 2 aromatic rings. The average Bonchev–Trinajstić information content (AvgIpc) is 2.84. The molecule has 0 aromatic heterocycles. The van der Waals surface area contributed by atoms with Gasteiger partial charge in [-0.15, -0.1) is 0 Å². The number of halogens is 1. The zero-order valence-corrected chi connectivity index (χ0v) is 22.5. The highest BCUT2D eigenvalue weighted by atomic mass is 32.2. The first-order chi connectivity index (χ1) is 17.0. The second-order valence-electron chi connectivity index (χ2n) is 9.13. The van der Waals surface area contributed by atoms with E-state index >= 15 is 0 Å². The topological polar surface area (TPSA) is 90.0 Å². The first-order valence-corrected chi connectivity index (χ1v) is 13.4. The van der Waals surface area contributed by atoms with Crippen molar-refractivity contribution in [1.29, 1.82) is 0 Å². The van der Waals surface area contributed by atoms with Crippen molar-refractivity contribution < 1.29 is 22.4 Å². The van der Waals surface area contributed by atoms with Crippen LogP contribution in [0.5, 0.6) is 0 Å². The molecular formula is C26H37FN4O4S. The van der Waals surface area contributed by atoms with Gasteiger partial charge in [-0.05, 0) is 36.5 Å². The molecule has 0 bridgehead atoms. The number of rotatable bonds is 13. The van der Waals surface area contributed by atoms with E-state index in [-0.39, 0.29) is 24.1 Å². The summed E-state index contributed by atoms with van der Waals surface area (Å²) < 4.78 is 42.6. The van der Waals surface area contributed by atoms with Crippen LogP contribution in [-0.4, -0.2) is 69.2 Å². The Morgan fingerprint density at radius 2 is 1.61 bits per heavy atom. The molecule has 2 aromatic carbocycles. The molecular weight excluding hydrogens is 483 g/mol. The van der Waals surface area contributed by atoms with E-state index in [2.05, 4.69) is 5.32 Å². The van der Waals surface area contributed by atoms with Crippen LogP contribution >= 0.6 is 0 Å². The number of hydrogen-bond acceptors (Lipinski definition) is 4. The Morgan fingerprint density at radius 1 is 1.00 bits per heavy atom. The summed E-state index contributed by atoms with van der Waals surface area (Å²) in [7, 11) is -1.58. The minimum Gasteiger partial charge on any atom is -0.354 e. The molecule has 0 radical (unpaired) electrons. The summed E-state index contributed by atoms with van der Waals surface area (Å²) in [5.41, 5.74) is 0.736. The first kappa shape index (κ1) is 29.3. The van der Waals surface area contributed by atoms with Crippen LogP contribution in [-0.2, 0) is 26.2 Å². The second kappa shape index (κ2) is 13.4. The number of para-hydroxylation sites is 1. The zero-order chi connectivity index (χ0) is 26.9. The molecule has 2 amide bonds. The van der Waals surface area contributed by atoms with Crippen LogP contribution in [0.15, 0.2) is 54.6 Å². The van der Waals surface area contributed by atoms with Gasteiger partial charge in [-0.25, -0.2) is 8.70 Å². The van der Waals surface area contributed by atoms with Crippen LogP contribution < -0.4 is 9.62 Å². The van der Waals surface area contributed by atoms with Crippen LogP contribution in [0.2, 0.25) is 0 Å². The summed E-state index contributed by atoms with van der Waals surface area (Å²) in [5, 5.41) is 2.88. The quantitative estimate of drug-likeness (QED) is 0.440. The summed E-state index contributed by atoms with van der Waals surface area (Å²) in [6.07, 6.45) is 0.811. The molecule has 0 spiro atoms. The molecule has 8 nitrogen and oxygen atoms in total. The lowest BCUT2D eigenvalue weighted by Gasteiger charge is -2.34. The number of nitrogens with one attached hydrogen (secondary N) is 1. The summed E-state index contributed by atoms with van der Waals surface area (Å²) in [5.74, 6) is -1.44. The Labute approximate surface area is 214 Å². The van der Waals surface area contributed by atoms with E-state index < -0.39 is 34.5 Å². The predicted octanol–water partition coefficient (Wildman–Crippen LogP) is 3.06. The van der Waals surface area contributed by atoms with Gasteiger partial charge in [-0.2, -0.15) is 12.7 Å². The largest absolute Gasteiger partial charge is 0.354 e. The number of anilines is 1. The molecule has 2 rings (SSSR count). The van der Waals surface area contributed by atoms with Gasteiger partial charge in [0.15, 0.2) is 0 Å². The number of amides is 2. The number of nitrogens with zero attached hydrogens (tertiary/aromatic N) is 3. The van der Waals surface area contributed by atoms with Crippen molar-refractivity contribution in [3.63, 3.8) is 0 Å². The fraction of sp³-hybridized carbons (Fsp3) is 0.462. The molecule has 0 fully saturated rings. The van der Waals surface area contributed by atoms with Gasteiger partial charge in [0.1, 0.15) is 18.4 Å². The van der Waals surface area contributed by atoms with E-state index in [9.17, 15) is 22.4 Å². The maximum Gasteiger partial charge on any atom is 0.304 e. The lowest BCUT2D eigenvalue weighted by Crippen LogP contribution is -2.54. The molecule has 0 aliphatic carbocycles. The van der Waals surface area contributed by atoms with E-state index in [1.807, 2.05) is 44.2 Å². The molecule has 198 valence electrons. The van der Waals surface area contributed by atoms with E-state index in [0.29, 0.717) is 19.4 Å². The van der Waals surface area contributed by atoms with Gasteiger partial charge in [-0.3, -0.25) is 9.59 Å². The van der Waals surface area contributed by atoms with Gasteiger partial charge in [-0.1, -0.05) is 63.2 Å². The van der Waals surface area contributed by atoms with Gasteiger partial charge in [0.25, 0.3) is 0 Å². The first-order valence-electron chi connectivity index (χ1n) is 12.0. The second-order valence-corrected chi connectivity index (χ2v) is 11.2. The van der Waals surface area contributed by atoms with Gasteiger partial charge >= 0.3 is 10.2 Å². The standard InChI is InChI=1S/C26H37FN4O4S/c1-6-23(26(33)28-18-20(2)3)30(17-16-21-12-8-7-9-13-21)25(32)19-31(36(34,35)29(4)5)24-15-11-10-14-22(24)27/h7-15,20,23H,6,16-19H2,1-5H3,(H,28,33). The maximum absolute atomic E-state index is 14.7. The number of hydrogen-bond donors (Lipinski definition) is 1. The Hall–Kier alpha value is -2.98. The van der Waals surface area contributed by atoms with E-state index in [0.717, 1.165) is 20.2 Å². The molecule has 0 aliphatic heterocycles. The third-order valence-electron chi connectivity index (χ3n) is 5.69. The molecule has 0 aliphatic rings. The molecule has 0 saturated carbocycles. The molecule has 0 heterocycles. The monoisotopic (exact) mass is 520 g/mol. The van der Waals surface area contributed by atoms with Crippen LogP contribution in [0, 0.1) is 11.7 Å². The van der Waals surface area contributed by atoms with Crippen molar-refractivity contribution in [2.45, 2.75) is 39.7 Å². The third kappa shape index (κ3) is 7.76. The zero-order valence-electron chi connectivity index (χ0n) is 21.6. The number of carbonyl (C=O) groups excluding carboxylic acids is 2. The fourth-order valence-corrected chi connectivity index (χ4v) is 4.74. The van der Waals surface area contributed by atoms with E-state index in [1.165, 1.54) is 37.2 Å². The minimum absolute atomic E-state index is 0.198. The van der Waals surface area contributed by atoms with Gasteiger partial charge in [0, 0.05) is 27.2 Å². The Kier molecular flexibility index (Phi) is 10.9. The Morgan fingerprint density at radius 3 is 2.17 bits per heavy atom. The smallest absolute Gasteiger partial charge is 0.304 e. The summed E-state index contributed by atoms with van der Waals surface area (Å²) in [6.45, 7) is 5.74. The van der Waals surface area contributed by atoms with Crippen molar-refractivity contribution in [2.75, 3.05) is 38.0 Å². The van der Waals surface area contributed by atoms with Gasteiger partial charge in [0.05, 0.1) is 5.69 Å². The van der Waals surface area contributed by atoms with Gasteiger partial charge < -0.3 is 10.2 Å². The number of benzene rings is 2. The summed E-state index contributed by atoms with van der Waals surface area (Å²) in [6, 6.07) is 14.1. The lowest BCUT2D eigenvalue weighted by molar-refractivity contribution is -0.139. The average molecular weight is 521 g/mol. The van der Waals surface area contributed by atoms with Crippen molar-refractivity contribution in [3.8, 4) is 0 Å². The maximum atomic E-state index is 14.7. The normalized spacial score (nSPS) is 12.4. The van der Waals surface area contributed by atoms with Crippen LogP contribution in [0.25, 0.3) is 0 Å². The molecule has 36 heavy (non-hydrogen) atoms. The Bertz CT molecular complexity index is 1110. The molecule has 1 N–H and O–H groups in total. The highest BCUT2D eigenvalue weighted by Crippen LogP contribution is 2.23. The van der Waals surface area contributed by atoms with Crippen LogP contribution in [0.3, 0.4) is 0 Å². The highest BCUT2D eigenvalue weighted by Gasteiger charge is 2.34. The number of carbonyl (C=O) groups is 2. The fourth-order valence-electron chi connectivity index (χ4n) is 3.67. The summed E-state index contributed by atoms with van der Waals surface area (Å²) in [4.78, 5) is 28.1. The van der Waals surface area contributed by atoms with Crippen molar-refractivity contribution in [2.24, 2.45) is 5.92 Å². The molecule has 10 heteroatoms. The minimum atomic E-state index is -4.21. The van der Waals surface area contributed by atoms with E-state index in [1.54, 1.807) is 6.92 Å².